The molecule has 34 heavy (non-hydrogen) atoms. The summed E-state index contributed by atoms with van der Waals surface area (Å²) < 4.78 is 8.05. The van der Waals surface area contributed by atoms with Gasteiger partial charge >= 0.3 is 5.97 Å². The first kappa shape index (κ1) is 21.7. The van der Waals surface area contributed by atoms with Crippen molar-refractivity contribution in [2.24, 2.45) is 17.8 Å². The Morgan fingerprint density at radius 2 is 1.50 bits per heavy atom. The highest BCUT2D eigenvalue weighted by molar-refractivity contribution is 9.10. The second-order valence-corrected chi connectivity index (χ2v) is 11.2. The molecule has 0 unspecified atom stereocenters. The van der Waals surface area contributed by atoms with Crippen LogP contribution in [0.15, 0.2) is 59.2 Å². The molecule has 174 valence electrons. The number of Topliss-reactive ketones (excluding diaryl/α,β-unsaturated/α-hetero) is 1. The smallest absolute Gasteiger partial charge is 0.338 e. The number of esters is 1. The van der Waals surface area contributed by atoms with Gasteiger partial charge in [0.15, 0.2) is 12.4 Å². The molecule has 7 rings (SSSR count). The topological polar surface area (TPSA) is 74.1 Å². The van der Waals surface area contributed by atoms with Crippen LogP contribution in [-0.2, 0) is 10.2 Å². The van der Waals surface area contributed by atoms with Crippen LogP contribution in [0.4, 0.5) is 0 Å². The first-order valence-electron chi connectivity index (χ1n) is 12.0. The summed E-state index contributed by atoms with van der Waals surface area (Å²) in [5.41, 5.74) is 3.23. The molecule has 4 aliphatic rings. The molecule has 0 radical (unpaired) electrons. The number of carbonyl (C=O) groups excluding carboxylic acids is 2. The molecule has 4 saturated carbocycles. The molecule has 1 heterocycles. The van der Waals surface area contributed by atoms with Crippen molar-refractivity contribution in [2.45, 2.75) is 43.9 Å². The van der Waals surface area contributed by atoms with Crippen LogP contribution in [0, 0.1) is 17.8 Å². The van der Waals surface area contributed by atoms with E-state index in [2.05, 4.69) is 26.2 Å². The largest absolute Gasteiger partial charge is 0.454 e. The molecule has 0 atom stereocenters. The van der Waals surface area contributed by atoms with Crippen molar-refractivity contribution in [3.05, 3.63) is 76.0 Å². The number of hydrogen-bond acceptors (Lipinski definition) is 5. The summed E-state index contributed by atoms with van der Waals surface area (Å²) in [4.78, 5) is 24.8. The number of hydrogen-bond donors (Lipinski definition) is 0. The first-order valence-corrected chi connectivity index (χ1v) is 12.8. The van der Waals surface area contributed by atoms with E-state index in [0.717, 1.165) is 27.9 Å². The van der Waals surface area contributed by atoms with E-state index in [-0.39, 0.29) is 17.8 Å². The molecule has 0 amide bonds. The van der Waals surface area contributed by atoms with Crippen LogP contribution in [0.3, 0.4) is 0 Å². The van der Waals surface area contributed by atoms with Gasteiger partial charge in [-0.3, -0.25) is 4.79 Å². The van der Waals surface area contributed by atoms with Crippen molar-refractivity contribution in [2.75, 3.05) is 6.61 Å². The Labute approximate surface area is 206 Å². The molecule has 4 fully saturated rings. The fourth-order valence-electron chi connectivity index (χ4n) is 6.88. The average Bonchev–Trinajstić information content (AvgIpc) is 3.33. The summed E-state index contributed by atoms with van der Waals surface area (Å²) in [6.07, 6.45) is 9.86. The summed E-state index contributed by atoms with van der Waals surface area (Å²) in [5, 5.41) is 8.71. The van der Waals surface area contributed by atoms with E-state index in [1.165, 1.54) is 44.2 Å². The molecule has 4 bridgehead atoms. The van der Waals surface area contributed by atoms with Crippen LogP contribution in [0.25, 0.3) is 5.69 Å². The van der Waals surface area contributed by atoms with Crippen molar-refractivity contribution >= 4 is 27.7 Å². The standard InChI is InChI=1S/C27H26BrN3O3/c28-22-5-1-21(2-6-22)26(33)34-16-24(32)20-3-7-23(8-4-20)31-25(15-29-30-31)27-12-17-9-18(13-27)11-19(10-17)14-27/h1-8,15,17-19H,9-14,16H2. The Bertz CT molecular complexity index is 1200. The SMILES string of the molecule is O=C(COC(=O)c1ccc(Br)cc1)c1ccc(-n2nncc2C23CC4CC(CC(C4)C2)C3)cc1. The number of ketones is 1. The van der Waals surface area contributed by atoms with Crippen molar-refractivity contribution in [3.63, 3.8) is 0 Å². The average molecular weight is 520 g/mol. The van der Waals surface area contributed by atoms with Gasteiger partial charge in [0, 0.05) is 15.5 Å². The highest BCUT2D eigenvalue weighted by atomic mass is 79.9. The highest BCUT2D eigenvalue weighted by Gasteiger charge is 2.53. The van der Waals surface area contributed by atoms with Crippen molar-refractivity contribution in [1.82, 2.24) is 15.0 Å². The summed E-state index contributed by atoms with van der Waals surface area (Å²) in [5.74, 6) is 1.77. The zero-order valence-corrected chi connectivity index (χ0v) is 20.4. The molecule has 6 nitrogen and oxygen atoms in total. The minimum absolute atomic E-state index is 0.188. The lowest BCUT2D eigenvalue weighted by Gasteiger charge is -2.56. The zero-order valence-electron chi connectivity index (χ0n) is 18.8. The second-order valence-electron chi connectivity index (χ2n) is 10.3. The predicted molar refractivity (Wildman–Crippen MR) is 130 cm³/mol. The lowest BCUT2D eigenvalue weighted by atomic mass is 9.49. The fraction of sp³-hybridized carbons (Fsp3) is 0.407. The molecule has 0 N–H and O–H groups in total. The number of aromatic nitrogens is 3. The van der Waals surface area contributed by atoms with Gasteiger partial charge in [0.1, 0.15) is 0 Å². The maximum atomic E-state index is 12.6. The molecule has 0 spiro atoms. The molecule has 7 heteroatoms. The summed E-state index contributed by atoms with van der Waals surface area (Å²) in [6.45, 7) is -0.296. The number of halogens is 1. The Balaban J connectivity index is 1.16. The molecule has 2 aromatic carbocycles. The Kier molecular flexibility index (Phi) is 5.40. The predicted octanol–water partition coefficient (Wildman–Crippen LogP) is 5.54. The van der Waals surface area contributed by atoms with E-state index >= 15 is 0 Å². The van der Waals surface area contributed by atoms with Crippen molar-refractivity contribution < 1.29 is 14.3 Å². The fourth-order valence-corrected chi connectivity index (χ4v) is 7.15. The maximum Gasteiger partial charge on any atom is 0.338 e. The van der Waals surface area contributed by atoms with Crippen LogP contribution in [0.1, 0.15) is 64.9 Å². The number of rotatable bonds is 6. The molecular formula is C27H26BrN3O3. The van der Waals surface area contributed by atoms with Crippen molar-refractivity contribution in [3.8, 4) is 5.69 Å². The third-order valence-electron chi connectivity index (χ3n) is 7.98. The molecule has 3 aromatic rings. The Hall–Kier alpha value is -2.80. The lowest BCUT2D eigenvalue weighted by Crippen LogP contribution is -2.49. The first-order chi connectivity index (χ1) is 16.5. The van der Waals surface area contributed by atoms with E-state index in [4.69, 9.17) is 4.74 Å². The van der Waals surface area contributed by atoms with Crippen LogP contribution in [0.5, 0.6) is 0 Å². The van der Waals surface area contributed by atoms with E-state index in [9.17, 15) is 9.59 Å². The molecular weight excluding hydrogens is 494 g/mol. The lowest BCUT2D eigenvalue weighted by molar-refractivity contribution is -0.00828. The van der Waals surface area contributed by atoms with Crippen LogP contribution >= 0.6 is 15.9 Å². The van der Waals surface area contributed by atoms with Crippen LogP contribution < -0.4 is 0 Å². The quantitative estimate of drug-likeness (QED) is 0.315. The van der Waals surface area contributed by atoms with Gasteiger partial charge in [-0.05, 0) is 105 Å². The molecule has 0 saturated heterocycles. The molecule has 4 aliphatic carbocycles. The number of ether oxygens (including phenoxy) is 1. The number of carbonyl (C=O) groups is 2. The zero-order chi connectivity index (χ0) is 23.3. The molecule has 1 aromatic heterocycles. The summed E-state index contributed by atoms with van der Waals surface area (Å²) in [7, 11) is 0. The highest BCUT2D eigenvalue weighted by Crippen LogP contribution is 2.60. The Morgan fingerprint density at radius 1 is 0.912 bits per heavy atom. The third kappa shape index (κ3) is 3.90. The normalized spacial score (nSPS) is 27.0. The monoisotopic (exact) mass is 519 g/mol. The van der Waals surface area contributed by atoms with Gasteiger partial charge in [0.05, 0.1) is 23.1 Å². The number of benzene rings is 2. The van der Waals surface area contributed by atoms with Gasteiger partial charge in [0.25, 0.3) is 0 Å². The minimum atomic E-state index is -0.514. The van der Waals surface area contributed by atoms with Gasteiger partial charge in [-0.1, -0.05) is 21.1 Å². The van der Waals surface area contributed by atoms with E-state index in [0.29, 0.717) is 11.1 Å². The summed E-state index contributed by atoms with van der Waals surface area (Å²) >= 11 is 3.33. The van der Waals surface area contributed by atoms with Crippen LogP contribution in [-0.4, -0.2) is 33.4 Å². The van der Waals surface area contributed by atoms with Gasteiger partial charge in [-0.15, -0.1) is 5.10 Å². The van der Waals surface area contributed by atoms with E-state index < -0.39 is 5.97 Å². The Morgan fingerprint density at radius 3 is 2.12 bits per heavy atom. The maximum absolute atomic E-state index is 12.6. The van der Waals surface area contributed by atoms with Gasteiger partial charge in [0.2, 0.25) is 0 Å². The van der Waals surface area contributed by atoms with Gasteiger partial charge < -0.3 is 4.74 Å². The van der Waals surface area contributed by atoms with Crippen molar-refractivity contribution in [1.29, 1.82) is 0 Å². The van der Waals surface area contributed by atoms with Crippen LogP contribution in [0.2, 0.25) is 0 Å². The molecule has 0 aliphatic heterocycles. The summed E-state index contributed by atoms with van der Waals surface area (Å²) in [6, 6.07) is 14.2. The number of nitrogens with zero attached hydrogens (tertiary/aromatic N) is 3. The third-order valence-corrected chi connectivity index (χ3v) is 8.51. The van der Waals surface area contributed by atoms with E-state index in [1.54, 1.807) is 36.4 Å². The van der Waals surface area contributed by atoms with Gasteiger partial charge in [-0.25, -0.2) is 9.48 Å². The second kappa shape index (κ2) is 8.45. The minimum Gasteiger partial charge on any atom is -0.454 e. The van der Waals surface area contributed by atoms with Gasteiger partial charge in [-0.2, -0.15) is 0 Å². The van der Waals surface area contributed by atoms with E-state index in [1.807, 2.05) is 23.0 Å².